The fourth-order valence-corrected chi connectivity index (χ4v) is 3.78. The lowest BCUT2D eigenvalue weighted by atomic mass is 10.1. The van der Waals surface area contributed by atoms with Gasteiger partial charge in [0.05, 0.1) is 11.4 Å². The zero-order valence-corrected chi connectivity index (χ0v) is 22.5. The highest BCUT2D eigenvalue weighted by Crippen LogP contribution is 2.11. The average Bonchev–Trinajstić information content (AvgIpc) is 2.78. The molecule has 2 aromatic carbocycles. The molecule has 0 saturated carbocycles. The van der Waals surface area contributed by atoms with Crippen molar-refractivity contribution < 1.29 is 8.42 Å². The summed E-state index contributed by atoms with van der Waals surface area (Å²) in [6.07, 6.45) is 0.990. The van der Waals surface area contributed by atoms with Crippen LogP contribution in [0.4, 0.5) is 0 Å². The number of hydrogen-bond donors (Lipinski definition) is 3. The van der Waals surface area contributed by atoms with Crippen LogP contribution in [0.1, 0.15) is 31.4 Å². The van der Waals surface area contributed by atoms with Crippen LogP contribution in [-0.4, -0.2) is 52.5 Å². The van der Waals surface area contributed by atoms with Gasteiger partial charge in [0.1, 0.15) is 0 Å². The van der Waals surface area contributed by atoms with E-state index in [1.165, 1.54) is 12.6 Å². The summed E-state index contributed by atoms with van der Waals surface area (Å²) in [5.41, 5.74) is 2.26. The minimum Gasteiger partial charge on any atom is -0.357 e. The lowest BCUT2D eigenvalue weighted by molar-refractivity contribution is 0.238. The second kappa shape index (κ2) is 14.5. The number of hydrogen-bond acceptors (Lipinski definition) is 4. The molecule has 32 heavy (non-hydrogen) atoms. The van der Waals surface area contributed by atoms with Crippen molar-refractivity contribution in [3.63, 3.8) is 0 Å². The van der Waals surface area contributed by atoms with Crippen LogP contribution in [0.15, 0.2) is 64.5 Å². The van der Waals surface area contributed by atoms with E-state index in [1.807, 2.05) is 13.0 Å². The molecule has 0 aliphatic carbocycles. The molecule has 7 nitrogen and oxygen atoms in total. The summed E-state index contributed by atoms with van der Waals surface area (Å²) in [5.74, 6) is 0.757. The molecule has 178 valence electrons. The van der Waals surface area contributed by atoms with Gasteiger partial charge < -0.3 is 10.6 Å². The molecule has 0 radical (unpaired) electrons. The summed E-state index contributed by atoms with van der Waals surface area (Å²) in [7, 11) is 0.136. The van der Waals surface area contributed by atoms with Crippen molar-refractivity contribution in [2.45, 2.75) is 44.3 Å². The molecule has 0 aliphatic rings. The molecule has 3 N–H and O–H groups in total. The number of sulfonamides is 1. The van der Waals surface area contributed by atoms with Gasteiger partial charge in [-0.3, -0.25) is 4.90 Å². The Morgan fingerprint density at radius 3 is 2.28 bits per heavy atom. The Morgan fingerprint density at radius 2 is 1.69 bits per heavy atom. The normalized spacial score (nSPS) is 12.8. The van der Waals surface area contributed by atoms with Gasteiger partial charge in [-0.25, -0.2) is 18.1 Å². The molecule has 1 unspecified atom stereocenters. The maximum Gasteiger partial charge on any atom is 0.240 e. The van der Waals surface area contributed by atoms with Crippen molar-refractivity contribution in [3.8, 4) is 0 Å². The first-order valence-electron chi connectivity index (χ1n) is 10.6. The van der Waals surface area contributed by atoms with Crippen molar-refractivity contribution in [2.75, 3.05) is 27.2 Å². The molecule has 0 aromatic heterocycles. The molecule has 0 spiro atoms. The summed E-state index contributed by atoms with van der Waals surface area (Å²) in [6, 6.07) is 17.7. The molecular formula is C23H36IN5O2S. The molecule has 0 aliphatic heterocycles. The highest BCUT2D eigenvalue weighted by Gasteiger charge is 2.11. The Labute approximate surface area is 210 Å². The van der Waals surface area contributed by atoms with E-state index in [2.05, 4.69) is 63.5 Å². The number of nitrogens with zero attached hydrogens (tertiary/aromatic N) is 2. The predicted octanol–water partition coefficient (Wildman–Crippen LogP) is 3.18. The molecule has 0 amide bonds. The number of aliphatic imine (C=N–C) groups is 1. The second-order valence-electron chi connectivity index (χ2n) is 7.51. The lowest BCUT2D eigenvalue weighted by Gasteiger charge is -2.25. The predicted molar refractivity (Wildman–Crippen MR) is 143 cm³/mol. The molecule has 0 heterocycles. The second-order valence-corrected chi connectivity index (χ2v) is 9.40. The first kappa shape index (κ1) is 28.3. The molecule has 1 atom stereocenters. The summed E-state index contributed by atoms with van der Waals surface area (Å²) in [5, 5.41) is 6.65. The number of halogens is 1. The maximum atomic E-state index is 11.8. The largest absolute Gasteiger partial charge is 0.357 e. The summed E-state index contributed by atoms with van der Waals surface area (Å²) < 4.78 is 26.0. The number of benzene rings is 2. The van der Waals surface area contributed by atoms with Crippen LogP contribution >= 0.6 is 24.0 Å². The van der Waals surface area contributed by atoms with Crippen LogP contribution in [0.5, 0.6) is 0 Å². The van der Waals surface area contributed by atoms with Gasteiger partial charge in [-0.2, -0.15) is 0 Å². The smallest absolute Gasteiger partial charge is 0.240 e. The van der Waals surface area contributed by atoms with Crippen molar-refractivity contribution >= 4 is 40.0 Å². The van der Waals surface area contributed by atoms with E-state index >= 15 is 0 Å². The van der Waals surface area contributed by atoms with Crippen LogP contribution in [0.25, 0.3) is 0 Å². The third-order valence-electron chi connectivity index (χ3n) is 5.15. The Hall–Kier alpha value is -1.69. The Morgan fingerprint density at radius 1 is 1.03 bits per heavy atom. The van der Waals surface area contributed by atoms with E-state index in [1.54, 1.807) is 24.3 Å². The first-order chi connectivity index (χ1) is 14.9. The van der Waals surface area contributed by atoms with Crippen LogP contribution in [-0.2, 0) is 23.1 Å². The third-order valence-corrected chi connectivity index (χ3v) is 6.58. The summed E-state index contributed by atoms with van der Waals surface area (Å²) in [4.78, 5) is 7.22. The van der Waals surface area contributed by atoms with Crippen LogP contribution in [0.3, 0.4) is 0 Å². The van der Waals surface area contributed by atoms with Crippen molar-refractivity contribution in [3.05, 3.63) is 65.7 Å². The van der Waals surface area contributed by atoms with E-state index in [9.17, 15) is 8.42 Å². The van der Waals surface area contributed by atoms with Crippen LogP contribution < -0.4 is 15.4 Å². The summed E-state index contributed by atoms with van der Waals surface area (Å²) in [6.45, 7) is 7.24. The quantitative estimate of drug-likeness (QED) is 0.219. The van der Waals surface area contributed by atoms with Crippen LogP contribution in [0, 0.1) is 0 Å². The van der Waals surface area contributed by atoms with E-state index in [-0.39, 0.29) is 28.9 Å². The number of rotatable bonds is 11. The van der Waals surface area contributed by atoms with E-state index in [0.29, 0.717) is 12.6 Å². The van der Waals surface area contributed by atoms with Crippen molar-refractivity contribution in [1.82, 2.24) is 20.3 Å². The molecule has 2 aromatic rings. The fraction of sp³-hybridized carbons (Fsp3) is 0.435. The van der Waals surface area contributed by atoms with Gasteiger partial charge in [0.25, 0.3) is 0 Å². The van der Waals surface area contributed by atoms with E-state index in [0.717, 1.165) is 37.6 Å². The molecule has 2 rings (SSSR count). The zero-order chi connectivity index (χ0) is 22.7. The monoisotopic (exact) mass is 573 g/mol. The molecule has 0 saturated heterocycles. The number of nitrogens with one attached hydrogen (secondary N) is 3. The van der Waals surface area contributed by atoms with Crippen molar-refractivity contribution in [2.24, 2.45) is 4.99 Å². The lowest BCUT2D eigenvalue weighted by Crippen LogP contribution is -2.40. The van der Waals surface area contributed by atoms with Gasteiger partial charge in [0, 0.05) is 25.7 Å². The molecule has 0 bridgehead atoms. The third kappa shape index (κ3) is 9.43. The van der Waals surface area contributed by atoms with Crippen molar-refractivity contribution in [1.29, 1.82) is 0 Å². The maximum absolute atomic E-state index is 11.8. The zero-order valence-electron chi connectivity index (χ0n) is 19.3. The van der Waals surface area contributed by atoms with Gasteiger partial charge in [0.2, 0.25) is 10.0 Å². The van der Waals surface area contributed by atoms with E-state index in [4.69, 9.17) is 0 Å². The molecule has 9 heteroatoms. The molecular weight excluding hydrogens is 537 g/mol. The van der Waals surface area contributed by atoms with E-state index < -0.39 is 10.0 Å². The highest BCUT2D eigenvalue weighted by molar-refractivity contribution is 14.0. The van der Waals surface area contributed by atoms with Gasteiger partial charge >= 0.3 is 0 Å². The van der Waals surface area contributed by atoms with Gasteiger partial charge in [-0.1, -0.05) is 42.5 Å². The SMILES string of the molecule is CCNC(=NCc1ccc(S(=O)(=O)NC)cc1)NCCC(C)N(C)Cc1ccccc1.I. The Balaban J connectivity index is 0.00000512. The average molecular weight is 574 g/mol. The fourth-order valence-electron chi connectivity index (χ4n) is 3.05. The highest BCUT2D eigenvalue weighted by atomic mass is 127. The standard InChI is InChI=1S/C23H35N5O2S.HI/c1-5-25-23(27-17-20-11-13-22(14-12-20)31(29,30)24-3)26-16-15-19(2)28(4)18-21-9-7-6-8-10-21;/h6-14,19,24H,5,15-18H2,1-4H3,(H2,25,26,27);1H. The minimum absolute atomic E-state index is 0. The van der Waals surface area contributed by atoms with Gasteiger partial charge in [0.15, 0.2) is 5.96 Å². The molecule has 0 fully saturated rings. The Kier molecular flexibility index (Phi) is 12.8. The Bertz CT molecular complexity index is 921. The van der Waals surface area contributed by atoms with Crippen LogP contribution in [0.2, 0.25) is 0 Å². The minimum atomic E-state index is -3.42. The van der Waals surface area contributed by atoms with Gasteiger partial charge in [-0.15, -0.1) is 24.0 Å². The summed E-state index contributed by atoms with van der Waals surface area (Å²) >= 11 is 0. The van der Waals surface area contributed by atoms with Gasteiger partial charge in [-0.05, 0) is 57.6 Å². The number of guanidine groups is 1. The topological polar surface area (TPSA) is 85.8 Å². The first-order valence-corrected chi connectivity index (χ1v) is 12.1.